The zero-order chi connectivity index (χ0) is 19.8. The molecule has 0 saturated carbocycles. The number of rotatable bonds is 0. The lowest BCUT2D eigenvalue weighted by molar-refractivity contribution is 0.442. The third kappa shape index (κ3) is 3.08. The fraction of sp³-hybridized carbons (Fsp3) is 0.273. The summed E-state index contributed by atoms with van der Waals surface area (Å²) in [5.41, 5.74) is 3.30. The van der Waals surface area contributed by atoms with Crippen LogP contribution in [-0.4, -0.2) is 0 Å². The van der Waals surface area contributed by atoms with Gasteiger partial charge in [-0.3, -0.25) is 0 Å². The highest BCUT2D eigenvalue weighted by molar-refractivity contribution is 5.62. The van der Waals surface area contributed by atoms with Crippen LogP contribution in [0.25, 0.3) is 0 Å². The predicted molar refractivity (Wildman–Crippen MR) is 94.9 cm³/mol. The van der Waals surface area contributed by atoms with E-state index in [1.165, 1.54) is 0 Å². The Hall–Kier alpha value is -2.72. The molecular formula is C22H18F4. The lowest BCUT2D eigenvalue weighted by Gasteiger charge is -2.14. The van der Waals surface area contributed by atoms with Gasteiger partial charge in [-0.05, 0) is 63.8 Å². The van der Waals surface area contributed by atoms with Gasteiger partial charge in [0, 0.05) is 16.7 Å². The van der Waals surface area contributed by atoms with E-state index in [1.54, 1.807) is 6.92 Å². The van der Waals surface area contributed by atoms with E-state index in [0.717, 1.165) is 34.7 Å². The zero-order valence-electron chi connectivity index (χ0n) is 15.5. The van der Waals surface area contributed by atoms with Crippen LogP contribution in [0, 0.1) is 81.6 Å². The van der Waals surface area contributed by atoms with E-state index in [0.29, 0.717) is 5.56 Å². The molecule has 0 radical (unpaired) electrons. The highest BCUT2D eigenvalue weighted by atomic mass is 19.2. The maximum absolute atomic E-state index is 14.0. The van der Waals surface area contributed by atoms with Crippen molar-refractivity contribution in [1.82, 2.24) is 0 Å². The summed E-state index contributed by atoms with van der Waals surface area (Å²) in [6.07, 6.45) is 0. The summed E-state index contributed by atoms with van der Waals surface area (Å²) in [6.45, 7) is 10.1. The SMILES string of the molecule is CC#Cc1c(C)c(C)c(C#Cc2c(F)c(F)c(C)c(F)c2F)c(C)c1C. The summed E-state index contributed by atoms with van der Waals surface area (Å²) < 4.78 is 55.5. The molecule has 0 amide bonds. The molecule has 0 bridgehead atoms. The third-order valence-electron chi connectivity index (χ3n) is 4.67. The zero-order valence-corrected chi connectivity index (χ0v) is 15.5. The summed E-state index contributed by atoms with van der Waals surface area (Å²) in [5, 5.41) is 0. The van der Waals surface area contributed by atoms with Crippen molar-refractivity contribution in [2.45, 2.75) is 41.5 Å². The van der Waals surface area contributed by atoms with Gasteiger partial charge in [0.05, 0.1) is 0 Å². The van der Waals surface area contributed by atoms with Crippen LogP contribution in [0.3, 0.4) is 0 Å². The number of hydrogen-bond donors (Lipinski definition) is 0. The summed E-state index contributed by atoms with van der Waals surface area (Å²) >= 11 is 0. The largest absolute Gasteiger partial charge is 0.203 e. The Balaban J connectivity index is 2.76. The molecule has 0 atom stereocenters. The van der Waals surface area contributed by atoms with Gasteiger partial charge in [-0.1, -0.05) is 17.8 Å². The van der Waals surface area contributed by atoms with E-state index in [9.17, 15) is 17.6 Å². The standard InChI is InChI=1S/C22H18F4/c1-7-8-16-11(2)13(4)17(14(5)12(16)3)9-10-18-21(25)19(23)15(6)20(24)22(18)26/h1-6H3. The fourth-order valence-electron chi connectivity index (χ4n) is 2.79. The van der Waals surface area contributed by atoms with Crippen LogP contribution in [0.15, 0.2) is 0 Å². The minimum atomic E-state index is -1.48. The van der Waals surface area contributed by atoms with Crippen molar-refractivity contribution in [3.63, 3.8) is 0 Å². The van der Waals surface area contributed by atoms with Crippen LogP contribution in [-0.2, 0) is 0 Å². The van der Waals surface area contributed by atoms with Crippen LogP contribution < -0.4 is 0 Å². The van der Waals surface area contributed by atoms with Crippen LogP contribution >= 0.6 is 0 Å². The lowest BCUT2D eigenvalue weighted by Crippen LogP contribution is -2.04. The Morgan fingerprint density at radius 3 is 1.19 bits per heavy atom. The third-order valence-corrected chi connectivity index (χ3v) is 4.67. The first-order chi connectivity index (χ1) is 12.1. The first-order valence-electron chi connectivity index (χ1n) is 8.01. The van der Waals surface area contributed by atoms with Crippen molar-refractivity contribution in [3.8, 4) is 23.7 Å². The number of halogens is 4. The molecule has 134 valence electrons. The molecule has 0 aliphatic carbocycles. The Labute approximate surface area is 151 Å². The Bertz CT molecular complexity index is 980. The summed E-state index contributed by atoms with van der Waals surface area (Å²) in [4.78, 5) is 0. The van der Waals surface area contributed by atoms with Crippen molar-refractivity contribution in [1.29, 1.82) is 0 Å². The molecule has 0 heterocycles. The van der Waals surface area contributed by atoms with Gasteiger partial charge in [0.25, 0.3) is 0 Å². The van der Waals surface area contributed by atoms with Crippen molar-refractivity contribution in [2.24, 2.45) is 0 Å². The van der Waals surface area contributed by atoms with Gasteiger partial charge < -0.3 is 0 Å². The van der Waals surface area contributed by atoms with E-state index in [-0.39, 0.29) is 0 Å². The van der Waals surface area contributed by atoms with E-state index in [1.807, 2.05) is 27.7 Å². The van der Waals surface area contributed by atoms with Crippen LogP contribution in [0.1, 0.15) is 51.4 Å². The highest BCUT2D eigenvalue weighted by Crippen LogP contribution is 2.27. The van der Waals surface area contributed by atoms with Gasteiger partial charge in [0.2, 0.25) is 0 Å². The van der Waals surface area contributed by atoms with Crippen molar-refractivity contribution in [2.75, 3.05) is 0 Å². The first-order valence-corrected chi connectivity index (χ1v) is 8.01. The second-order valence-electron chi connectivity index (χ2n) is 6.13. The van der Waals surface area contributed by atoms with Crippen LogP contribution in [0.5, 0.6) is 0 Å². The molecule has 0 aliphatic rings. The van der Waals surface area contributed by atoms with E-state index < -0.39 is 34.4 Å². The topological polar surface area (TPSA) is 0 Å². The summed E-state index contributed by atoms with van der Waals surface area (Å²) in [7, 11) is 0. The maximum atomic E-state index is 14.0. The second kappa shape index (κ2) is 7.26. The quantitative estimate of drug-likeness (QED) is 0.329. The van der Waals surface area contributed by atoms with E-state index in [4.69, 9.17) is 0 Å². The minimum Gasteiger partial charge on any atom is -0.203 e. The molecule has 0 fully saturated rings. The Kier molecular flexibility index (Phi) is 5.47. The van der Waals surface area contributed by atoms with Gasteiger partial charge in [0.15, 0.2) is 23.3 Å². The number of benzene rings is 2. The fourth-order valence-corrected chi connectivity index (χ4v) is 2.79. The smallest absolute Gasteiger partial charge is 0.177 e. The van der Waals surface area contributed by atoms with Crippen molar-refractivity contribution in [3.05, 3.63) is 67.8 Å². The molecule has 0 aromatic heterocycles. The van der Waals surface area contributed by atoms with Crippen molar-refractivity contribution < 1.29 is 17.6 Å². The van der Waals surface area contributed by atoms with Gasteiger partial charge in [-0.25, -0.2) is 17.6 Å². The number of hydrogen-bond acceptors (Lipinski definition) is 0. The average Bonchev–Trinajstić information content (AvgIpc) is 2.62. The first kappa shape index (κ1) is 19.6. The molecule has 0 saturated heterocycles. The van der Waals surface area contributed by atoms with E-state index >= 15 is 0 Å². The molecule has 2 aromatic carbocycles. The lowest BCUT2D eigenvalue weighted by atomic mass is 9.89. The summed E-state index contributed by atoms with van der Waals surface area (Å²) in [6, 6.07) is 0. The second-order valence-corrected chi connectivity index (χ2v) is 6.13. The maximum Gasteiger partial charge on any atom is 0.177 e. The average molecular weight is 358 g/mol. The van der Waals surface area contributed by atoms with E-state index in [2.05, 4.69) is 23.7 Å². The molecule has 2 rings (SSSR count). The van der Waals surface area contributed by atoms with Gasteiger partial charge in [0.1, 0.15) is 5.56 Å². The van der Waals surface area contributed by atoms with Gasteiger partial charge in [-0.15, -0.1) is 5.92 Å². The Morgan fingerprint density at radius 1 is 0.462 bits per heavy atom. The Morgan fingerprint density at radius 2 is 0.808 bits per heavy atom. The molecule has 2 aromatic rings. The summed E-state index contributed by atoms with van der Waals surface area (Å²) in [5.74, 6) is 5.06. The molecule has 26 heavy (non-hydrogen) atoms. The molecule has 0 N–H and O–H groups in total. The minimum absolute atomic E-state index is 0.571. The van der Waals surface area contributed by atoms with Gasteiger partial charge in [-0.2, -0.15) is 0 Å². The predicted octanol–water partition coefficient (Wildman–Crippen LogP) is 5.56. The molecular weight excluding hydrogens is 340 g/mol. The highest BCUT2D eigenvalue weighted by Gasteiger charge is 2.22. The molecule has 4 heteroatoms. The molecule has 0 nitrogen and oxygen atoms in total. The molecule has 0 spiro atoms. The van der Waals surface area contributed by atoms with Crippen molar-refractivity contribution >= 4 is 0 Å². The van der Waals surface area contributed by atoms with Crippen LogP contribution in [0.4, 0.5) is 17.6 Å². The monoisotopic (exact) mass is 358 g/mol. The molecule has 0 aliphatic heterocycles. The van der Waals surface area contributed by atoms with Gasteiger partial charge >= 0.3 is 0 Å². The molecule has 0 unspecified atom stereocenters. The normalized spacial score (nSPS) is 10.1. The van der Waals surface area contributed by atoms with Crippen LogP contribution in [0.2, 0.25) is 0 Å².